The summed E-state index contributed by atoms with van der Waals surface area (Å²) in [6, 6.07) is 12.5. The molecule has 0 saturated carbocycles. The van der Waals surface area contributed by atoms with Gasteiger partial charge in [-0.05, 0) is 24.1 Å². The monoisotopic (exact) mass is 193 g/mol. The Kier molecular flexibility index (Phi) is 1.88. The first-order valence-electron chi connectivity index (χ1n) is 5.15. The molecular formula is C14H11N. The summed E-state index contributed by atoms with van der Waals surface area (Å²) in [6.45, 7) is 0. The lowest BCUT2D eigenvalue weighted by Gasteiger charge is -2.03. The van der Waals surface area contributed by atoms with Gasteiger partial charge in [-0.3, -0.25) is 0 Å². The van der Waals surface area contributed by atoms with Crippen LogP contribution >= 0.6 is 0 Å². The number of fused-ring (bicyclic) bond motifs is 1. The molecule has 1 aromatic heterocycles. The molecule has 2 aromatic rings. The van der Waals surface area contributed by atoms with E-state index in [1.54, 1.807) is 0 Å². The van der Waals surface area contributed by atoms with Crippen LogP contribution < -0.4 is 0 Å². The van der Waals surface area contributed by atoms with Gasteiger partial charge in [-0.2, -0.15) is 0 Å². The van der Waals surface area contributed by atoms with Crippen molar-refractivity contribution in [3.63, 3.8) is 0 Å². The third kappa shape index (κ3) is 1.46. The van der Waals surface area contributed by atoms with Gasteiger partial charge >= 0.3 is 0 Å². The number of aromatic nitrogens is 1. The number of hydrogen-bond acceptors (Lipinski definition) is 1. The molecule has 0 N–H and O–H groups in total. The lowest BCUT2D eigenvalue weighted by Crippen LogP contribution is -1.87. The smallest absolute Gasteiger partial charge is 0.0709 e. The zero-order valence-corrected chi connectivity index (χ0v) is 8.35. The summed E-state index contributed by atoms with van der Waals surface area (Å²) in [4.78, 5) is 4.65. The first-order valence-corrected chi connectivity index (χ1v) is 5.15. The van der Waals surface area contributed by atoms with Crippen LogP contribution in [0, 0.1) is 0 Å². The van der Waals surface area contributed by atoms with E-state index in [2.05, 4.69) is 47.5 Å². The van der Waals surface area contributed by atoms with Crippen molar-refractivity contribution >= 4 is 16.5 Å². The standard InChI is InChI=1S/C14H11N/c1-2-6-11(5-1)14-10-9-12-7-3-4-8-13(12)15-14/h1-5,7-10H,6H2. The van der Waals surface area contributed by atoms with E-state index in [0.717, 1.165) is 17.6 Å². The van der Waals surface area contributed by atoms with Gasteiger partial charge < -0.3 is 0 Å². The summed E-state index contributed by atoms with van der Waals surface area (Å²) in [5.41, 5.74) is 3.47. The molecule has 1 aliphatic carbocycles. The van der Waals surface area contributed by atoms with Gasteiger partial charge in [0.1, 0.15) is 0 Å². The van der Waals surface area contributed by atoms with Crippen molar-refractivity contribution in [3.8, 4) is 0 Å². The Balaban J connectivity index is 2.14. The Morgan fingerprint density at radius 1 is 1.00 bits per heavy atom. The van der Waals surface area contributed by atoms with Crippen LogP contribution in [0.3, 0.4) is 0 Å². The number of para-hydroxylation sites is 1. The first-order chi connectivity index (χ1) is 7.43. The van der Waals surface area contributed by atoms with E-state index in [-0.39, 0.29) is 0 Å². The highest BCUT2D eigenvalue weighted by atomic mass is 14.7. The van der Waals surface area contributed by atoms with Crippen molar-refractivity contribution in [1.82, 2.24) is 4.98 Å². The molecule has 0 fully saturated rings. The average Bonchev–Trinajstić information content (AvgIpc) is 2.82. The molecule has 0 bridgehead atoms. The van der Waals surface area contributed by atoms with E-state index in [1.807, 2.05) is 12.1 Å². The fourth-order valence-electron chi connectivity index (χ4n) is 1.88. The third-order valence-corrected chi connectivity index (χ3v) is 2.70. The second-order valence-electron chi connectivity index (χ2n) is 3.71. The Morgan fingerprint density at radius 2 is 1.93 bits per heavy atom. The van der Waals surface area contributed by atoms with Crippen LogP contribution in [0.5, 0.6) is 0 Å². The van der Waals surface area contributed by atoms with Crippen LogP contribution in [0.2, 0.25) is 0 Å². The predicted molar refractivity (Wildman–Crippen MR) is 63.5 cm³/mol. The van der Waals surface area contributed by atoms with E-state index >= 15 is 0 Å². The topological polar surface area (TPSA) is 12.9 Å². The summed E-state index contributed by atoms with van der Waals surface area (Å²) in [5.74, 6) is 0. The maximum absolute atomic E-state index is 4.65. The van der Waals surface area contributed by atoms with Gasteiger partial charge in [0.15, 0.2) is 0 Å². The number of pyridine rings is 1. The zero-order valence-electron chi connectivity index (χ0n) is 8.35. The summed E-state index contributed by atoms with van der Waals surface area (Å²) >= 11 is 0. The van der Waals surface area contributed by atoms with Gasteiger partial charge in [-0.15, -0.1) is 0 Å². The fraction of sp³-hybridized carbons (Fsp3) is 0.0714. The molecule has 1 nitrogen and oxygen atoms in total. The number of hydrogen-bond donors (Lipinski definition) is 0. The van der Waals surface area contributed by atoms with Crippen molar-refractivity contribution in [2.45, 2.75) is 6.42 Å². The highest BCUT2D eigenvalue weighted by Gasteiger charge is 2.04. The van der Waals surface area contributed by atoms with Crippen LogP contribution in [-0.4, -0.2) is 4.98 Å². The molecule has 0 saturated heterocycles. The minimum absolute atomic E-state index is 1.01. The van der Waals surface area contributed by atoms with Crippen LogP contribution in [0.1, 0.15) is 12.1 Å². The molecule has 1 heteroatoms. The lowest BCUT2D eigenvalue weighted by molar-refractivity contribution is 1.30. The van der Waals surface area contributed by atoms with E-state index in [1.165, 1.54) is 11.0 Å². The van der Waals surface area contributed by atoms with E-state index in [4.69, 9.17) is 0 Å². The molecule has 1 aromatic carbocycles. The molecular weight excluding hydrogens is 182 g/mol. The molecule has 0 atom stereocenters. The van der Waals surface area contributed by atoms with Gasteiger partial charge in [-0.1, -0.05) is 42.5 Å². The molecule has 3 rings (SSSR count). The second-order valence-corrected chi connectivity index (χ2v) is 3.71. The van der Waals surface area contributed by atoms with Crippen molar-refractivity contribution in [1.29, 1.82) is 0 Å². The number of nitrogens with zero attached hydrogens (tertiary/aromatic N) is 1. The predicted octanol–water partition coefficient (Wildman–Crippen LogP) is 3.58. The molecule has 72 valence electrons. The van der Waals surface area contributed by atoms with Gasteiger partial charge in [0, 0.05) is 5.39 Å². The molecule has 15 heavy (non-hydrogen) atoms. The number of benzene rings is 1. The maximum atomic E-state index is 4.65. The van der Waals surface area contributed by atoms with Crippen molar-refractivity contribution in [2.75, 3.05) is 0 Å². The van der Waals surface area contributed by atoms with Gasteiger partial charge in [-0.25, -0.2) is 4.98 Å². The highest BCUT2D eigenvalue weighted by molar-refractivity contribution is 5.81. The second kappa shape index (κ2) is 3.35. The summed E-state index contributed by atoms with van der Waals surface area (Å²) in [6.07, 6.45) is 7.39. The average molecular weight is 193 g/mol. The van der Waals surface area contributed by atoms with Crippen molar-refractivity contribution in [3.05, 3.63) is 60.3 Å². The molecule has 0 spiro atoms. The van der Waals surface area contributed by atoms with Crippen LogP contribution in [0.15, 0.2) is 54.6 Å². The maximum Gasteiger partial charge on any atom is 0.0709 e. The Hall–Kier alpha value is -1.89. The van der Waals surface area contributed by atoms with E-state index in [9.17, 15) is 0 Å². The third-order valence-electron chi connectivity index (χ3n) is 2.70. The fourth-order valence-corrected chi connectivity index (χ4v) is 1.88. The molecule has 0 radical (unpaired) electrons. The molecule has 1 heterocycles. The Bertz CT molecular complexity index is 564. The van der Waals surface area contributed by atoms with Crippen molar-refractivity contribution < 1.29 is 0 Å². The van der Waals surface area contributed by atoms with Crippen LogP contribution in [-0.2, 0) is 0 Å². The first kappa shape index (κ1) is 8.42. The Morgan fingerprint density at radius 3 is 2.80 bits per heavy atom. The van der Waals surface area contributed by atoms with Gasteiger partial charge in [0.05, 0.1) is 11.2 Å². The van der Waals surface area contributed by atoms with Gasteiger partial charge in [0.25, 0.3) is 0 Å². The Labute approximate surface area is 88.8 Å². The molecule has 1 aliphatic rings. The highest BCUT2D eigenvalue weighted by Crippen LogP contribution is 2.23. The van der Waals surface area contributed by atoms with Crippen molar-refractivity contribution in [2.24, 2.45) is 0 Å². The summed E-state index contributed by atoms with van der Waals surface area (Å²) in [7, 11) is 0. The quantitative estimate of drug-likeness (QED) is 0.674. The minimum atomic E-state index is 1.01. The zero-order chi connectivity index (χ0) is 10.1. The molecule has 0 unspecified atom stereocenters. The van der Waals surface area contributed by atoms with Gasteiger partial charge in [0.2, 0.25) is 0 Å². The molecule has 0 aliphatic heterocycles. The SMILES string of the molecule is C1=CCC(c2ccc3ccccc3n2)=C1. The largest absolute Gasteiger partial charge is 0.248 e. The number of allylic oxidation sites excluding steroid dienone is 4. The normalized spacial score (nSPS) is 14.5. The summed E-state index contributed by atoms with van der Waals surface area (Å²) < 4.78 is 0. The van der Waals surface area contributed by atoms with E-state index < -0.39 is 0 Å². The number of rotatable bonds is 1. The minimum Gasteiger partial charge on any atom is -0.248 e. The van der Waals surface area contributed by atoms with E-state index in [0.29, 0.717) is 0 Å². The lowest BCUT2D eigenvalue weighted by atomic mass is 10.1. The molecule has 0 amide bonds. The van der Waals surface area contributed by atoms with Crippen LogP contribution in [0.25, 0.3) is 16.5 Å². The summed E-state index contributed by atoms with van der Waals surface area (Å²) in [5, 5.41) is 1.20. The van der Waals surface area contributed by atoms with Crippen LogP contribution in [0.4, 0.5) is 0 Å².